The SMILES string of the molecule is C=CCn1c(SCC(=O)Nc2ccc(C)cc2)nnc1-c1ccc(OCCCC)cc1. The van der Waals surface area contributed by atoms with Gasteiger partial charge in [0.2, 0.25) is 5.91 Å². The lowest BCUT2D eigenvalue weighted by molar-refractivity contribution is -0.113. The average molecular weight is 437 g/mol. The Morgan fingerprint density at radius 3 is 2.58 bits per heavy atom. The normalized spacial score (nSPS) is 10.6. The van der Waals surface area contributed by atoms with Gasteiger partial charge in [-0.25, -0.2) is 0 Å². The van der Waals surface area contributed by atoms with E-state index in [9.17, 15) is 4.79 Å². The van der Waals surface area contributed by atoms with Crippen LogP contribution in [0.5, 0.6) is 5.75 Å². The summed E-state index contributed by atoms with van der Waals surface area (Å²) in [5, 5.41) is 12.2. The monoisotopic (exact) mass is 436 g/mol. The molecule has 31 heavy (non-hydrogen) atoms. The number of allylic oxidation sites excluding steroid dienone is 1. The average Bonchev–Trinajstić information content (AvgIpc) is 3.17. The minimum absolute atomic E-state index is 0.0860. The lowest BCUT2D eigenvalue weighted by Crippen LogP contribution is -2.14. The van der Waals surface area contributed by atoms with Crippen LogP contribution < -0.4 is 10.1 Å². The predicted molar refractivity (Wildman–Crippen MR) is 127 cm³/mol. The molecule has 6 nitrogen and oxygen atoms in total. The van der Waals surface area contributed by atoms with Gasteiger partial charge in [0.1, 0.15) is 5.75 Å². The van der Waals surface area contributed by atoms with E-state index in [-0.39, 0.29) is 11.7 Å². The van der Waals surface area contributed by atoms with Crippen molar-refractivity contribution in [3.63, 3.8) is 0 Å². The van der Waals surface area contributed by atoms with Crippen molar-refractivity contribution in [1.82, 2.24) is 14.8 Å². The summed E-state index contributed by atoms with van der Waals surface area (Å²) in [6, 6.07) is 15.6. The number of unbranched alkanes of at least 4 members (excludes halogenated alkanes) is 1. The first-order valence-electron chi connectivity index (χ1n) is 10.4. The van der Waals surface area contributed by atoms with Crippen molar-refractivity contribution in [2.24, 2.45) is 0 Å². The minimum Gasteiger partial charge on any atom is -0.494 e. The van der Waals surface area contributed by atoms with Crippen LogP contribution in [0.3, 0.4) is 0 Å². The first-order chi connectivity index (χ1) is 15.1. The molecule has 1 aromatic heterocycles. The number of anilines is 1. The molecule has 0 spiro atoms. The lowest BCUT2D eigenvalue weighted by Gasteiger charge is -2.09. The van der Waals surface area contributed by atoms with Gasteiger partial charge in [-0.1, -0.05) is 48.9 Å². The van der Waals surface area contributed by atoms with Crippen molar-refractivity contribution in [3.05, 3.63) is 66.7 Å². The lowest BCUT2D eigenvalue weighted by atomic mass is 10.2. The van der Waals surface area contributed by atoms with E-state index in [0.717, 1.165) is 41.2 Å². The van der Waals surface area contributed by atoms with Crippen LogP contribution in [0.15, 0.2) is 66.3 Å². The number of hydrogen-bond donors (Lipinski definition) is 1. The number of hydrogen-bond acceptors (Lipinski definition) is 5. The quantitative estimate of drug-likeness (QED) is 0.249. The third kappa shape index (κ3) is 6.46. The molecule has 0 aliphatic heterocycles. The molecular weight excluding hydrogens is 408 g/mol. The highest BCUT2D eigenvalue weighted by Gasteiger charge is 2.15. The second-order valence-electron chi connectivity index (χ2n) is 7.13. The van der Waals surface area contributed by atoms with Crippen molar-refractivity contribution in [1.29, 1.82) is 0 Å². The Morgan fingerprint density at radius 2 is 1.90 bits per heavy atom. The van der Waals surface area contributed by atoms with Crippen LogP contribution in [0.4, 0.5) is 5.69 Å². The molecule has 0 saturated carbocycles. The van der Waals surface area contributed by atoms with Crippen LogP contribution >= 0.6 is 11.8 Å². The first-order valence-corrected chi connectivity index (χ1v) is 11.4. The van der Waals surface area contributed by atoms with E-state index in [1.807, 2.05) is 60.0 Å². The summed E-state index contributed by atoms with van der Waals surface area (Å²) < 4.78 is 7.69. The molecular formula is C24H28N4O2S. The van der Waals surface area contributed by atoms with Gasteiger partial charge in [-0.2, -0.15) is 0 Å². The van der Waals surface area contributed by atoms with Gasteiger partial charge in [0.05, 0.1) is 12.4 Å². The summed E-state index contributed by atoms with van der Waals surface area (Å²) >= 11 is 1.35. The summed E-state index contributed by atoms with van der Waals surface area (Å²) in [5.74, 6) is 1.74. The fraction of sp³-hybridized carbons (Fsp3) is 0.292. The van der Waals surface area contributed by atoms with Gasteiger partial charge in [-0.15, -0.1) is 16.8 Å². The highest BCUT2D eigenvalue weighted by atomic mass is 32.2. The molecule has 0 saturated heterocycles. The van der Waals surface area contributed by atoms with E-state index in [1.165, 1.54) is 11.8 Å². The zero-order valence-electron chi connectivity index (χ0n) is 18.0. The molecule has 0 fully saturated rings. The summed E-state index contributed by atoms with van der Waals surface area (Å²) in [7, 11) is 0. The fourth-order valence-electron chi connectivity index (χ4n) is 2.90. The smallest absolute Gasteiger partial charge is 0.234 e. The van der Waals surface area contributed by atoms with Crippen molar-refractivity contribution in [3.8, 4) is 17.1 Å². The van der Waals surface area contributed by atoms with E-state index < -0.39 is 0 Å². The maximum atomic E-state index is 12.3. The highest BCUT2D eigenvalue weighted by Crippen LogP contribution is 2.26. The molecule has 1 N–H and O–H groups in total. The molecule has 0 bridgehead atoms. The van der Waals surface area contributed by atoms with Gasteiger partial charge in [-0.05, 0) is 49.7 Å². The largest absolute Gasteiger partial charge is 0.494 e. The number of rotatable bonds is 11. The van der Waals surface area contributed by atoms with E-state index in [4.69, 9.17) is 4.74 Å². The molecule has 0 radical (unpaired) electrons. The van der Waals surface area contributed by atoms with Gasteiger partial charge in [0.25, 0.3) is 0 Å². The number of amides is 1. The highest BCUT2D eigenvalue weighted by molar-refractivity contribution is 7.99. The summed E-state index contributed by atoms with van der Waals surface area (Å²) in [4.78, 5) is 12.3. The molecule has 2 aromatic carbocycles. The Kier molecular flexibility index (Phi) is 8.29. The van der Waals surface area contributed by atoms with E-state index in [0.29, 0.717) is 18.3 Å². The van der Waals surface area contributed by atoms with E-state index in [1.54, 1.807) is 6.08 Å². The molecule has 3 aromatic rings. The van der Waals surface area contributed by atoms with Crippen LogP contribution in [0.25, 0.3) is 11.4 Å². The molecule has 1 heterocycles. The van der Waals surface area contributed by atoms with Gasteiger partial charge < -0.3 is 10.1 Å². The number of aromatic nitrogens is 3. The van der Waals surface area contributed by atoms with Crippen LogP contribution in [-0.2, 0) is 11.3 Å². The Hall–Kier alpha value is -3.06. The van der Waals surface area contributed by atoms with Crippen LogP contribution in [0.1, 0.15) is 25.3 Å². The summed E-state index contributed by atoms with van der Waals surface area (Å²) in [6.07, 6.45) is 3.94. The number of aryl methyl sites for hydroxylation is 1. The fourth-order valence-corrected chi connectivity index (χ4v) is 3.65. The molecule has 0 aliphatic rings. The third-order valence-corrected chi connectivity index (χ3v) is 5.54. The number of carbonyl (C=O) groups excluding carboxylic acids is 1. The zero-order chi connectivity index (χ0) is 22.1. The van der Waals surface area contributed by atoms with Gasteiger partial charge in [-0.3, -0.25) is 9.36 Å². The maximum Gasteiger partial charge on any atom is 0.234 e. The number of ether oxygens (including phenoxy) is 1. The second-order valence-corrected chi connectivity index (χ2v) is 8.08. The van der Waals surface area contributed by atoms with Crippen LogP contribution in [0, 0.1) is 6.92 Å². The number of carbonyl (C=O) groups is 1. The first kappa shape index (κ1) is 22.6. The number of benzene rings is 2. The van der Waals surface area contributed by atoms with Crippen molar-refractivity contribution >= 4 is 23.4 Å². The Bertz CT molecular complexity index is 997. The van der Waals surface area contributed by atoms with Crippen molar-refractivity contribution in [2.75, 3.05) is 17.7 Å². The molecule has 7 heteroatoms. The molecule has 0 unspecified atom stereocenters. The van der Waals surface area contributed by atoms with Gasteiger partial charge in [0, 0.05) is 17.8 Å². The summed E-state index contributed by atoms with van der Waals surface area (Å²) in [5.41, 5.74) is 2.87. The number of nitrogens with zero attached hydrogens (tertiary/aromatic N) is 3. The molecule has 0 atom stereocenters. The maximum absolute atomic E-state index is 12.3. The van der Waals surface area contributed by atoms with E-state index in [2.05, 4.69) is 29.0 Å². The minimum atomic E-state index is -0.0860. The standard InChI is InChI=1S/C24H28N4O2S/c1-4-6-16-30-21-13-9-19(10-14-21)23-26-27-24(28(23)15-5-2)31-17-22(29)25-20-11-7-18(3)8-12-20/h5,7-14H,2,4,6,15-17H2,1,3H3,(H,25,29). The number of nitrogens with one attached hydrogen (secondary N) is 1. The molecule has 0 aliphatic carbocycles. The Labute approximate surface area is 187 Å². The van der Waals surface area contributed by atoms with Crippen molar-refractivity contribution < 1.29 is 9.53 Å². The Morgan fingerprint density at radius 1 is 1.16 bits per heavy atom. The van der Waals surface area contributed by atoms with Gasteiger partial charge >= 0.3 is 0 Å². The Balaban J connectivity index is 1.66. The molecule has 162 valence electrons. The van der Waals surface area contributed by atoms with Crippen LogP contribution in [-0.4, -0.2) is 33.0 Å². The summed E-state index contributed by atoms with van der Waals surface area (Å²) in [6.45, 7) is 9.26. The van der Waals surface area contributed by atoms with E-state index >= 15 is 0 Å². The third-order valence-electron chi connectivity index (χ3n) is 4.58. The van der Waals surface area contributed by atoms with Gasteiger partial charge in [0.15, 0.2) is 11.0 Å². The molecule has 3 rings (SSSR count). The van der Waals surface area contributed by atoms with Crippen LogP contribution in [0.2, 0.25) is 0 Å². The second kappa shape index (κ2) is 11.4. The molecule has 1 amide bonds. The number of thioether (sulfide) groups is 1. The zero-order valence-corrected chi connectivity index (χ0v) is 18.8. The topological polar surface area (TPSA) is 69.0 Å². The predicted octanol–water partition coefficient (Wildman–Crippen LogP) is 5.35. The van der Waals surface area contributed by atoms with Crippen molar-refractivity contribution in [2.45, 2.75) is 38.4 Å².